The number of amides is 2. The van der Waals surface area contributed by atoms with Crippen LogP contribution in [0.2, 0.25) is 0 Å². The number of aromatic nitrogens is 4. The van der Waals surface area contributed by atoms with Gasteiger partial charge < -0.3 is 10.6 Å². The summed E-state index contributed by atoms with van der Waals surface area (Å²) < 4.78 is 1.52. The Bertz CT molecular complexity index is 969. The molecule has 8 nitrogen and oxygen atoms in total. The molecule has 32 heavy (non-hydrogen) atoms. The minimum Gasteiger partial charge on any atom is -0.349 e. The number of tetrazole rings is 1. The summed E-state index contributed by atoms with van der Waals surface area (Å²) in [6.07, 6.45) is 8.03. The third-order valence-corrected chi connectivity index (χ3v) is 8.71. The number of carbonyl (C=O) groups is 2. The van der Waals surface area contributed by atoms with Gasteiger partial charge >= 0.3 is 0 Å². The average molecular weight is 455 g/mol. The Labute approximate surface area is 192 Å². The summed E-state index contributed by atoms with van der Waals surface area (Å²) >= 11 is 1.27. The fraction of sp³-hybridized carbons (Fsp3) is 0.609. The van der Waals surface area contributed by atoms with Gasteiger partial charge in [0.1, 0.15) is 0 Å². The van der Waals surface area contributed by atoms with Crippen molar-refractivity contribution in [3.05, 3.63) is 29.8 Å². The average Bonchev–Trinajstić information content (AvgIpc) is 3.16. The van der Waals surface area contributed by atoms with Crippen LogP contribution in [-0.2, 0) is 11.8 Å². The smallest absolute Gasteiger partial charge is 0.251 e. The molecule has 9 heteroatoms. The molecule has 1 unspecified atom stereocenters. The van der Waals surface area contributed by atoms with Gasteiger partial charge in [-0.3, -0.25) is 9.59 Å². The maximum Gasteiger partial charge on any atom is 0.251 e. The van der Waals surface area contributed by atoms with Crippen LogP contribution in [0.3, 0.4) is 0 Å². The second-order valence-corrected chi connectivity index (χ2v) is 10.9. The highest BCUT2D eigenvalue weighted by Gasteiger charge is 2.53. The van der Waals surface area contributed by atoms with E-state index in [1.165, 1.54) is 55.0 Å². The van der Waals surface area contributed by atoms with E-state index in [1.54, 1.807) is 31.3 Å². The summed E-state index contributed by atoms with van der Waals surface area (Å²) in [6, 6.07) is 7.29. The van der Waals surface area contributed by atoms with Crippen LogP contribution in [0.4, 0.5) is 5.69 Å². The Morgan fingerprint density at radius 2 is 1.75 bits per heavy atom. The Hall–Kier alpha value is -2.42. The van der Waals surface area contributed by atoms with Crippen LogP contribution in [0.15, 0.2) is 29.4 Å². The van der Waals surface area contributed by atoms with Gasteiger partial charge in [0.25, 0.3) is 5.91 Å². The first-order valence-corrected chi connectivity index (χ1v) is 12.4. The van der Waals surface area contributed by atoms with Crippen LogP contribution >= 0.6 is 11.8 Å². The zero-order valence-electron chi connectivity index (χ0n) is 18.6. The molecule has 1 atom stereocenters. The summed E-state index contributed by atoms with van der Waals surface area (Å²) in [5.41, 5.74) is 1.57. The van der Waals surface area contributed by atoms with Gasteiger partial charge in [0.15, 0.2) is 0 Å². The molecule has 0 spiro atoms. The maximum atomic E-state index is 12.9. The zero-order valence-corrected chi connectivity index (χ0v) is 19.4. The fourth-order valence-corrected chi connectivity index (χ4v) is 7.17. The van der Waals surface area contributed by atoms with Crippen LogP contribution < -0.4 is 10.6 Å². The molecule has 170 valence electrons. The molecule has 4 saturated carbocycles. The standard InChI is InChI=1S/C23H30N6O2S/c1-14(23-10-15-7-16(11-23)9-17(8-15)12-23)24-21(31)18-3-5-19(6-4-18)25-20(30)13-32-22-26-27-28-29(22)2/h3-6,14-17H,7-13H2,1-2H3,(H,24,31)(H,25,30). The molecule has 6 rings (SSSR count). The van der Waals surface area contributed by atoms with E-state index in [9.17, 15) is 9.59 Å². The van der Waals surface area contributed by atoms with Gasteiger partial charge in [-0.2, -0.15) is 0 Å². The van der Waals surface area contributed by atoms with Gasteiger partial charge in [0.2, 0.25) is 11.1 Å². The van der Waals surface area contributed by atoms with Crippen molar-refractivity contribution < 1.29 is 9.59 Å². The van der Waals surface area contributed by atoms with E-state index in [0.717, 1.165) is 17.8 Å². The number of benzene rings is 1. The maximum absolute atomic E-state index is 12.9. The van der Waals surface area contributed by atoms with Crippen molar-refractivity contribution in [1.29, 1.82) is 0 Å². The highest BCUT2D eigenvalue weighted by Crippen LogP contribution is 2.61. The van der Waals surface area contributed by atoms with Crippen molar-refractivity contribution in [1.82, 2.24) is 25.5 Å². The molecule has 0 radical (unpaired) electrons. The molecule has 1 aromatic heterocycles. The molecule has 0 aliphatic heterocycles. The topological polar surface area (TPSA) is 102 Å². The van der Waals surface area contributed by atoms with Crippen molar-refractivity contribution in [3.8, 4) is 0 Å². The lowest BCUT2D eigenvalue weighted by Gasteiger charge is -2.59. The van der Waals surface area contributed by atoms with Crippen LogP contribution in [-0.4, -0.2) is 43.8 Å². The number of rotatable bonds is 7. The van der Waals surface area contributed by atoms with Crippen molar-refractivity contribution in [2.75, 3.05) is 11.1 Å². The lowest BCUT2D eigenvalue weighted by Crippen LogP contribution is -2.55. The zero-order chi connectivity index (χ0) is 22.3. The van der Waals surface area contributed by atoms with Crippen LogP contribution in [0, 0.1) is 23.2 Å². The molecule has 4 bridgehead atoms. The van der Waals surface area contributed by atoms with Crippen molar-refractivity contribution >= 4 is 29.3 Å². The van der Waals surface area contributed by atoms with Gasteiger partial charge in [-0.05, 0) is 103 Å². The largest absolute Gasteiger partial charge is 0.349 e. The van der Waals surface area contributed by atoms with E-state index in [-0.39, 0.29) is 29.0 Å². The molecule has 2 amide bonds. The van der Waals surface area contributed by atoms with Crippen LogP contribution in [0.5, 0.6) is 0 Å². The normalized spacial score (nSPS) is 29.0. The lowest BCUT2D eigenvalue weighted by molar-refractivity contribution is -0.113. The highest BCUT2D eigenvalue weighted by molar-refractivity contribution is 7.99. The van der Waals surface area contributed by atoms with Gasteiger partial charge in [-0.1, -0.05) is 11.8 Å². The summed E-state index contributed by atoms with van der Waals surface area (Å²) in [5, 5.41) is 17.9. The first-order valence-electron chi connectivity index (χ1n) is 11.5. The minimum atomic E-state index is -0.148. The van der Waals surface area contributed by atoms with E-state index in [1.807, 2.05) is 0 Å². The Morgan fingerprint density at radius 3 is 2.31 bits per heavy atom. The molecule has 2 aromatic rings. The quantitative estimate of drug-likeness (QED) is 0.623. The summed E-state index contributed by atoms with van der Waals surface area (Å²) in [6.45, 7) is 2.20. The number of hydrogen-bond donors (Lipinski definition) is 2. The monoisotopic (exact) mass is 454 g/mol. The molecule has 4 aliphatic rings. The molecule has 1 heterocycles. The van der Waals surface area contributed by atoms with Gasteiger partial charge in [0, 0.05) is 24.3 Å². The van der Waals surface area contributed by atoms with E-state index in [0.29, 0.717) is 16.4 Å². The molecule has 4 fully saturated rings. The van der Waals surface area contributed by atoms with E-state index < -0.39 is 0 Å². The number of nitrogens with one attached hydrogen (secondary N) is 2. The SMILES string of the molecule is CC(NC(=O)c1ccc(NC(=O)CSc2nnnn2C)cc1)C12CC3CC(CC(C3)C1)C2. The number of anilines is 1. The minimum absolute atomic E-state index is 0.0311. The first kappa shape index (κ1) is 21.4. The molecular weight excluding hydrogens is 424 g/mol. The Balaban J connectivity index is 1.15. The first-order chi connectivity index (χ1) is 15.4. The van der Waals surface area contributed by atoms with Gasteiger partial charge in [-0.15, -0.1) is 5.10 Å². The van der Waals surface area contributed by atoms with Crippen molar-refractivity contribution in [2.45, 2.75) is 56.6 Å². The van der Waals surface area contributed by atoms with Crippen molar-refractivity contribution in [2.24, 2.45) is 30.2 Å². The second kappa shape index (κ2) is 8.50. The third-order valence-electron chi connectivity index (χ3n) is 7.70. The number of aryl methyl sites for hydroxylation is 1. The molecule has 1 aromatic carbocycles. The predicted octanol–water partition coefficient (Wildman–Crippen LogP) is 3.28. The summed E-state index contributed by atoms with van der Waals surface area (Å²) in [5.74, 6) is 2.63. The van der Waals surface area contributed by atoms with Crippen LogP contribution in [0.1, 0.15) is 55.8 Å². The number of thioether (sulfide) groups is 1. The summed E-state index contributed by atoms with van der Waals surface area (Å²) in [4.78, 5) is 25.1. The third kappa shape index (κ3) is 4.27. The van der Waals surface area contributed by atoms with Gasteiger partial charge in [0.05, 0.1) is 5.75 Å². The second-order valence-electron chi connectivity index (χ2n) is 9.97. The fourth-order valence-electron chi connectivity index (χ4n) is 6.52. The molecular formula is C23H30N6O2S. The van der Waals surface area contributed by atoms with E-state index in [4.69, 9.17) is 0 Å². The lowest BCUT2D eigenvalue weighted by atomic mass is 9.48. The predicted molar refractivity (Wildman–Crippen MR) is 122 cm³/mol. The van der Waals surface area contributed by atoms with E-state index in [2.05, 4.69) is 33.1 Å². The van der Waals surface area contributed by atoms with Crippen LogP contribution in [0.25, 0.3) is 0 Å². The van der Waals surface area contributed by atoms with Gasteiger partial charge in [-0.25, -0.2) is 4.68 Å². The number of hydrogen-bond acceptors (Lipinski definition) is 6. The molecule has 0 saturated heterocycles. The summed E-state index contributed by atoms with van der Waals surface area (Å²) in [7, 11) is 1.73. The number of carbonyl (C=O) groups excluding carboxylic acids is 2. The Morgan fingerprint density at radius 1 is 1.12 bits per heavy atom. The van der Waals surface area contributed by atoms with Crippen molar-refractivity contribution in [3.63, 3.8) is 0 Å². The molecule has 2 N–H and O–H groups in total. The Kier molecular flexibility index (Phi) is 5.69. The highest BCUT2D eigenvalue weighted by atomic mass is 32.2. The van der Waals surface area contributed by atoms with E-state index >= 15 is 0 Å². The number of nitrogens with zero attached hydrogens (tertiary/aromatic N) is 4. The molecule has 4 aliphatic carbocycles.